The standard InChI is InChI=1S/C19H14F2N6O3/c1-26-8-12(11-5-10(20)3-4-15(11)26)18-22-9-23-19(25-18)24-14-7-16(27(28)29)13(21)6-17(14)30-2/h3-9H,1-2H3,(H,22,23,24,25). The molecular formula is C19H14F2N6O3. The van der Waals surface area contributed by atoms with Crippen LogP contribution in [-0.4, -0.2) is 31.6 Å². The normalized spacial score (nSPS) is 10.9. The highest BCUT2D eigenvalue weighted by Gasteiger charge is 2.20. The van der Waals surface area contributed by atoms with E-state index in [9.17, 15) is 18.9 Å². The number of aryl methyl sites for hydroxylation is 1. The number of halogens is 2. The van der Waals surface area contributed by atoms with E-state index in [0.717, 1.165) is 17.6 Å². The summed E-state index contributed by atoms with van der Waals surface area (Å²) >= 11 is 0. The van der Waals surface area contributed by atoms with Crippen molar-refractivity contribution in [3.8, 4) is 17.1 Å². The molecule has 0 bridgehead atoms. The molecule has 0 aliphatic carbocycles. The van der Waals surface area contributed by atoms with E-state index in [4.69, 9.17) is 4.74 Å². The first-order chi connectivity index (χ1) is 14.4. The second-order valence-electron chi connectivity index (χ2n) is 6.33. The van der Waals surface area contributed by atoms with Gasteiger partial charge < -0.3 is 14.6 Å². The molecule has 0 saturated carbocycles. The first kappa shape index (κ1) is 19.2. The Balaban J connectivity index is 1.77. The molecule has 2 aromatic carbocycles. The third-order valence-corrected chi connectivity index (χ3v) is 4.48. The van der Waals surface area contributed by atoms with Crippen molar-refractivity contribution in [2.24, 2.45) is 7.05 Å². The number of nitro benzene ring substituents is 1. The fourth-order valence-electron chi connectivity index (χ4n) is 3.10. The van der Waals surface area contributed by atoms with Crippen LogP contribution in [-0.2, 0) is 7.05 Å². The Kier molecular flexibility index (Phi) is 4.70. The van der Waals surface area contributed by atoms with Crippen molar-refractivity contribution < 1.29 is 18.4 Å². The summed E-state index contributed by atoms with van der Waals surface area (Å²) in [5.41, 5.74) is 0.746. The lowest BCUT2D eigenvalue weighted by atomic mass is 10.1. The molecule has 152 valence electrons. The van der Waals surface area contributed by atoms with Crippen molar-refractivity contribution in [3.05, 3.63) is 64.6 Å². The molecule has 1 N–H and O–H groups in total. The van der Waals surface area contributed by atoms with Gasteiger partial charge in [-0.1, -0.05) is 0 Å². The first-order valence-corrected chi connectivity index (χ1v) is 8.60. The Morgan fingerprint density at radius 1 is 1.20 bits per heavy atom. The van der Waals surface area contributed by atoms with E-state index < -0.39 is 22.2 Å². The monoisotopic (exact) mass is 412 g/mol. The van der Waals surface area contributed by atoms with Crippen LogP contribution in [0.1, 0.15) is 0 Å². The lowest BCUT2D eigenvalue weighted by Gasteiger charge is -2.10. The van der Waals surface area contributed by atoms with Gasteiger partial charge in [-0.05, 0) is 18.2 Å². The van der Waals surface area contributed by atoms with E-state index in [2.05, 4.69) is 20.3 Å². The number of nitrogens with one attached hydrogen (secondary N) is 1. The Bertz CT molecular complexity index is 1290. The Morgan fingerprint density at radius 2 is 2.00 bits per heavy atom. The van der Waals surface area contributed by atoms with Gasteiger partial charge in [0.1, 0.15) is 17.9 Å². The van der Waals surface area contributed by atoms with Crippen molar-refractivity contribution in [1.82, 2.24) is 19.5 Å². The van der Waals surface area contributed by atoms with Crippen LogP contribution >= 0.6 is 0 Å². The fourth-order valence-corrected chi connectivity index (χ4v) is 3.10. The number of rotatable bonds is 5. The molecule has 30 heavy (non-hydrogen) atoms. The van der Waals surface area contributed by atoms with E-state index in [1.54, 1.807) is 12.3 Å². The topological polar surface area (TPSA) is 108 Å². The molecule has 2 heterocycles. The second kappa shape index (κ2) is 7.35. The molecule has 0 saturated heterocycles. The maximum Gasteiger partial charge on any atom is 0.307 e. The Labute approximate surface area is 168 Å². The highest BCUT2D eigenvalue weighted by molar-refractivity contribution is 5.94. The zero-order valence-electron chi connectivity index (χ0n) is 15.8. The summed E-state index contributed by atoms with van der Waals surface area (Å²) < 4.78 is 34.5. The van der Waals surface area contributed by atoms with E-state index in [-0.39, 0.29) is 23.2 Å². The second-order valence-corrected chi connectivity index (χ2v) is 6.33. The van der Waals surface area contributed by atoms with Crippen LogP contribution in [0, 0.1) is 21.7 Å². The number of hydrogen-bond donors (Lipinski definition) is 1. The van der Waals surface area contributed by atoms with Gasteiger partial charge in [0.05, 0.1) is 17.7 Å². The molecule has 0 unspecified atom stereocenters. The van der Waals surface area contributed by atoms with E-state index >= 15 is 0 Å². The van der Waals surface area contributed by atoms with Gasteiger partial charge in [0.15, 0.2) is 5.82 Å². The number of methoxy groups -OCH3 is 1. The van der Waals surface area contributed by atoms with Gasteiger partial charge in [0.25, 0.3) is 0 Å². The molecular weight excluding hydrogens is 398 g/mol. The fraction of sp³-hybridized carbons (Fsp3) is 0.105. The summed E-state index contributed by atoms with van der Waals surface area (Å²) in [6.45, 7) is 0. The Hall–Kier alpha value is -4.15. The summed E-state index contributed by atoms with van der Waals surface area (Å²) in [5.74, 6) is -1.08. The highest BCUT2D eigenvalue weighted by Crippen LogP contribution is 2.34. The van der Waals surface area contributed by atoms with E-state index in [0.29, 0.717) is 10.9 Å². The van der Waals surface area contributed by atoms with Gasteiger partial charge in [0, 0.05) is 41.8 Å². The van der Waals surface area contributed by atoms with Gasteiger partial charge in [0.2, 0.25) is 11.8 Å². The number of nitro groups is 1. The third kappa shape index (κ3) is 3.36. The molecule has 0 radical (unpaired) electrons. The van der Waals surface area contributed by atoms with Gasteiger partial charge in [-0.15, -0.1) is 0 Å². The first-order valence-electron chi connectivity index (χ1n) is 8.60. The van der Waals surface area contributed by atoms with Crippen LogP contribution in [0.3, 0.4) is 0 Å². The largest absolute Gasteiger partial charge is 0.494 e. The molecule has 4 rings (SSSR count). The van der Waals surface area contributed by atoms with Gasteiger partial charge >= 0.3 is 5.69 Å². The van der Waals surface area contributed by atoms with E-state index in [1.807, 2.05) is 11.6 Å². The number of aromatic nitrogens is 4. The summed E-state index contributed by atoms with van der Waals surface area (Å²) in [6.07, 6.45) is 3.00. The number of fused-ring (bicyclic) bond motifs is 1. The quantitative estimate of drug-likeness (QED) is 0.390. The molecule has 4 aromatic rings. The van der Waals surface area contributed by atoms with Crippen molar-refractivity contribution in [2.45, 2.75) is 0 Å². The minimum atomic E-state index is -1.03. The number of benzene rings is 2. The molecule has 9 nitrogen and oxygen atoms in total. The zero-order chi connectivity index (χ0) is 21.4. The predicted molar refractivity (Wildman–Crippen MR) is 105 cm³/mol. The van der Waals surface area contributed by atoms with Crippen LogP contribution in [0.2, 0.25) is 0 Å². The van der Waals surface area contributed by atoms with Crippen molar-refractivity contribution in [1.29, 1.82) is 0 Å². The Morgan fingerprint density at radius 3 is 2.73 bits per heavy atom. The molecule has 0 aliphatic heterocycles. The van der Waals surface area contributed by atoms with Crippen LogP contribution in [0.4, 0.5) is 26.1 Å². The van der Waals surface area contributed by atoms with E-state index in [1.165, 1.54) is 25.6 Å². The SMILES string of the molecule is COc1cc(F)c([N+](=O)[O-])cc1Nc1ncnc(-c2cn(C)c3ccc(F)cc23)n1. The van der Waals surface area contributed by atoms with Gasteiger partial charge in [-0.25, -0.2) is 14.4 Å². The highest BCUT2D eigenvalue weighted by atomic mass is 19.1. The summed E-state index contributed by atoms with van der Waals surface area (Å²) in [4.78, 5) is 22.7. The molecule has 0 fully saturated rings. The molecule has 0 aliphatic rings. The molecule has 2 aromatic heterocycles. The maximum absolute atomic E-state index is 13.9. The van der Waals surface area contributed by atoms with Gasteiger partial charge in [-0.3, -0.25) is 10.1 Å². The number of ether oxygens (including phenoxy) is 1. The van der Waals surface area contributed by atoms with Crippen molar-refractivity contribution in [3.63, 3.8) is 0 Å². The number of anilines is 2. The number of nitrogens with zero attached hydrogens (tertiary/aromatic N) is 5. The molecule has 0 amide bonds. The molecule has 0 atom stereocenters. The van der Waals surface area contributed by atoms with Crippen molar-refractivity contribution in [2.75, 3.05) is 12.4 Å². The minimum absolute atomic E-state index is 0.0345. The van der Waals surface area contributed by atoms with Crippen LogP contribution in [0.5, 0.6) is 5.75 Å². The minimum Gasteiger partial charge on any atom is -0.494 e. The summed E-state index contributed by atoms with van der Waals surface area (Å²) in [6, 6.07) is 6.28. The van der Waals surface area contributed by atoms with Crippen molar-refractivity contribution >= 4 is 28.2 Å². The smallest absolute Gasteiger partial charge is 0.307 e. The average Bonchev–Trinajstić information content (AvgIpc) is 3.04. The van der Waals surface area contributed by atoms with Crippen LogP contribution in [0.15, 0.2) is 42.9 Å². The lowest BCUT2D eigenvalue weighted by Crippen LogP contribution is -2.03. The zero-order valence-corrected chi connectivity index (χ0v) is 15.8. The average molecular weight is 412 g/mol. The summed E-state index contributed by atoms with van der Waals surface area (Å²) in [5, 5.41) is 14.4. The van der Waals surface area contributed by atoms with Crippen LogP contribution < -0.4 is 10.1 Å². The number of hydrogen-bond acceptors (Lipinski definition) is 7. The molecule has 0 spiro atoms. The maximum atomic E-state index is 13.9. The third-order valence-electron chi connectivity index (χ3n) is 4.48. The predicted octanol–water partition coefficient (Wildman–Crippen LogP) is 3.97. The lowest BCUT2D eigenvalue weighted by molar-refractivity contribution is -0.387. The molecule has 11 heteroatoms. The van der Waals surface area contributed by atoms with Gasteiger partial charge in [-0.2, -0.15) is 9.37 Å². The summed E-state index contributed by atoms with van der Waals surface area (Å²) in [7, 11) is 3.11. The van der Waals surface area contributed by atoms with Crippen LogP contribution in [0.25, 0.3) is 22.3 Å².